The summed E-state index contributed by atoms with van der Waals surface area (Å²) in [6.45, 7) is 3.05. The van der Waals surface area contributed by atoms with Crippen LogP contribution in [0.15, 0.2) is 40.5 Å². The number of hydrogen-bond donors (Lipinski definition) is 1. The predicted octanol–water partition coefficient (Wildman–Crippen LogP) is 3.10. The zero-order chi connectivity index (χ0) is 18.7. The second-order valence-electron chi connectivity index (χ2n) is 5.30. The maximum atomic E-state index is 10.9. The molecular weight excluding hydrogens is 378 g/mol. The Hall–Kier alpha value is -2.36. The summed E-state index contributed by atoms with van der Waals surface area (Å²) >= 11 is 7.32. The van der Waals surface area contributed by atoms with Crippen LogP contribution in [0.3, 0.4) is 0 Å². The Kier molecular flexibility index (Phi) is 5.60. The predicted molar refractivity (Wildman–Crippen MR) is 97.6 cm³/mol. The first-order valence-electron chi connectivity index (χ1n) is 7.63. The number of carbonyl (C=O) groups excluding carboxylic acids is 1. The molecule has 8 nitrogen and oxygen atoms in total. The molecule has 26 heavy (non-hydrogen) atoms. The van der Waals surface area contributed by atoms with E-state index in [4.69, 9.17) is 26.8 Å². The van der Waals surface area contributed by atoms with Crippen molar-refractivity contribution in [3.05, 3.63) is 35.6 Å². The Morgan fingerprint density at radius 2 is 2.08 bits per heavy atom. The number of benzene rings is 1. The molecule has 0 fully saturated rings. The summed E-state index contributed by atoms with van der Waals surface area (Å²) in [6.07, 6.45) is 0.887. The zero-order valence-electron chi connectivity index (χ0n) is 14.0. The average molecular weight is 394 g/mol. The van der Waals surface area contributed by atoms with Gasteiger partial charge in [-0.05, 0) is 31.2 Å². The van der Waals surface area contributed by atoms with Crippen LogP contribution in [0.2, 0.25) is 5.02 Å². The van der Waals surface area contributed by atoms with Gasteiger partial charge in [-0.15, -0.1) is 0 Å². The lowest BCUT2D eigenvalue weighted by atomic mass is 10.4. The summed E-state index contributed by atoms with van der Waals surface area (Å²) in [4.78, 5) is 24.8. The van der Waals surface area contributed by atoms with Crippen molar-refractivity contribution >= 4 is 46.4 Å². The quantitative estimate of drug-likeness (QED) is 0.387. The van der Waals surface area contributed by atoms with E-state index in [1.807, 2.05) is 12.1 Å². The van der Waals surface area contributed by atoms with E-state index in [9.17, 15) is 4.79 Å². The molecule has 1 aromatic carbocycles. The fourth-order valence-corrected chi connectivity index (χ4v) is 3.17. The lowest BCUT2D eigenvalue weighted by Gasteiger charge is -2.13. The molecule has 0 saturated heterocycles. The lowest BCUT2D eigenvalue weighted by Crippen LogP contribution is -2.18. The van der Waals surface area contributed by atoms with E-state index >= 15 is 0 Å². The monoisotopic (exact) mass is 393 g/mol. The van der Waals surface area contributed by atoms with Crippen molar-refractivity contribution < 1.29 is 14.3 Å². The zero-order valence-corrected chi connectivity index (χ0v) is 15.6. The number of anilines is 1. The Morgan fingerprint density at radius 3 is 2.77 bits per heavy atom. The number of hydrogen-bond acceptors (Lipinski definition) is 8. The number of halogens is 1. The van der Waals surface area contributed by atoms with Crippen LogP contribution >= 0.6 is 23.4 Å². The maximum absolute atomic E-state index is 10.9. The van der Waals surface area contributed by atoms with Crippen molar-refractivity contribution in [3.63, 3.8) is 0 Å². The molecule has 136 valence electrons. The molecule has 1 unspecified atom stereocenters. The molecule has 0 aliphatic heterocycles. The summed E-state index contributed by atoms with van der Waals surface area (Å²) in [5, 5.41) is 1.28. The van der Waals surface area contributed by atoms with Crippen LogP contribution in [-0.2, 0) is 21.0 Å². The molecule has 0 aliphatic carbocycles. The largest absolute Gasteiger partial charge is 0.436 e. The topological polar surface area (TPSA) is 105 Å². The van der Waals surface area contributed by atoms with Crippen molar-refractivity contribution in [2.24, 2.45) is 0 Å². The number of aromatic nitrogens is 4. The summed E-state index contributed by atoms with van der Waals surface area (Å²) in [7, 11) is 0. The number of ether oxygens (including phenoxy) is 2. The van der Waals surface area contributed by atoms with Crippen LogP contribution in [0.1, 0.15) is 13.8 Å². The number of fused-ring (bicyclic) bond motifs is 1. The molecular formula is C16H16ClN5O3S. The number of carbonyl (C=O) groups is 1. The van der Waals surface area contributed by atoms with Crippen molar-refractivity contribution in [1.82, 2.24) is 19.5 Å². The molecule has 0 aliphatic rings. The molecule has 2 aromatic heterocycles. The average Bonchev–Trinajstić information content (AvgIpc) is 2.97. The third kappa shape index (κ3) is 4.43. The molecule has 10 heteroatoms. The Bertz CT molecular complexity index is 932. The van der Waals surface area contributed by atoms with Gasteiger partial charge in [0.25, 0.3) is 0 Å². The second-order valence-corrected chi connectivity index (χ2v) is 6.80. The van der Waals surface area contributed by atoms with Crippen molar-refractivity contribution in [1.29, 1.82) is 0 Å². The van der Waals surface area contributed by atoms with Gasteiger partial charge in [0, 0.05) is 16.8 Å². The van der Waals surface area contributed by atoms with Crippen molar-refractivity contribution in [2.45, 2.75) is 36.8 Å². The third-order valence-electron chi connectivity index (χ3n) is 3.26. The first kappa shape index (κ1) is 18.4. The number of esters is 1. The van der Waals surface area contributed by atoms with E-state index in [1.165, 1.54) is 18.7 Å². The van der Waals surface area contributed by atoms with Gasteiger partial charge in [-0.25, -0.2) is 9.97 Å². The second kappa shape index (κ2) is 7.90. The van der Waals surface area contributed by atoms with Crippen LogP contribution in [-0.4, -0.2) is 31.8 Å². The Balaban J connectivity index is 1.84. The molecule has 0 bridgehead atoms. The molecule has 0 saturated carbocycles. The highest BCUT2D eigenvalue weighted by atomic mass is 35.5. The van der Waals surface area contributed by atoms with Crippen LogP contribution in [0.4, 0.5) is 5.95 Å². The van der Waals surface area contributed by atoms with Gasteiger partial charge in [0.15, 0.2) is 5.65 Å². The highest BCUT2D eigenvalue weighted by Gasteiger charge is 2.15. The summed E-state index contributed by atoms with van der Waals surface area (Å²) < 4.78 is 12.1. The number of imidazole rings is 1. The minimum atomic E-state index is -0.688. The number of nitrogen functional groups attached to an aromatic ring is 1. The van der Waals surface area contributed by atoms with Gasteiger partial charge in [0.05, 0.1) is 6.33 Å². The first-order chi connectivity index (χ1) is 12.4. The van der Waals surface area contributed by atoms with Gasteiger partial charge in [0.1, 0.15) is 17.3 Å². The van der Waals surface area contributed by atoms with Gasteiger partial charge in [-0.2, -0.15) is 4.98 Å². The minimum Gasteiger partial charge on any atom is -0.436 e. The van der Waals surface area contributed by atoms with E-state index in [2.05, 4.69) is 15.0 Å². The van der Waals surface area contributed by atoms with E-state index in [1.54, 1.807) is 30.0 Å². The minimum absolute atomic E-state index is 0.104. The smallest absolute Gasteiger partial charge is 0.304 e. The van der Waals surface area contributed by atoms with E-state index in [0.717, 1.165) is 4.90 Å². The Labute approximate surface area is 158 Å². The molecule has 2 N–H and O–H groups in total. The highest BCUT2D eigenvalue weighted by Crippen LogP contribution is 2.31. The summed E-state index contributed by atoms with van der Waals surface area (Å²) in [6, 6.07) is 7.37. The Morgan fingerprint density at radius 1 is 1.35 bits per heavy atom. The molecule has 2 heterocycles. The van der Waals surface area contributed by atoms with Crippen LogP contribution in [0, 0.1) is 0 Å². The highest BCUT2D eigenvalue weighted by molar-refractivity contribution is 7.99. The van der Waals surface area contributed by atoms with Crippen molar-refractivity contribution in [3.8, 4) is 0 Å². The molecule has 3 aromatic rings. The summed E-state index contributed by atoms with van der Waals surface area (Å²) in [5.74, 6) is -0.287. The maximum Gasteiger partial charge on any atom is 0.304 e. The molecule has 3 rings (SSSR count). The first-order valence-corrected chi connectivity index (χ1v) is 8.82. The van der Waals surface area contributed by atoms with Crippen LogP contribution in [0.25, 0.3) is 11.2 Å². The van der Waals surface area contributed by atoms with Crippen LogP contribution < -0.4 is 5.73 Å². The molecule has 0 amide bonds. The normalized spacial score (nSPS) is 12.3. The van der Waals surface area contributed by atoms with Gasteiger partial charge >= 0.3 is 5.97 Å². The van der Waals surface area contributed by atoms with E-state index in [0.29, 0.717) is 21.2 Å². The SMILES string of the molecule is CC(=O)OC(C)OCn1cnc2c(Sc3ccc(Cl)cc3)nc(N)nc21. The van der Waals surface area contributed by atoms with Gasteiger partial charge < -0.3 is 15.2 Å². The number of nitrogens with zero attached hydrogens (tertiary/aromatic N) is 4. The lowest BCUT2D eigenvalue weighted by molar-refractivity contribution is -0.178. The number of nitrogens with two attached hydrogens (primary N) is 1. The van der Waals surface area contributed by atoms with E-state index in [-0.39, 0.29) is 12.7 Å². The van der Waals surface area contributed by atoms with Gasteiger partial charge in [-0.3, -0.25) is 9.36 Å². The van der Waals surface area contributed by atoms with Gasteiger partial charge in [0.2, 0.25) is 12.2 Å². The fourth-order valence-electron chi connectivity index (χ4n) is 2.17. The molecule has 0 spiro atoms. The van der Waals surface area contributed by atoms with Crippen LogP contribution in [0.5, 0.6) is 0 Å². The standard InChI is InChI=1S/C16H16ClN5O3S/c1-9(23)25-10(2)24-8-22-7-19-13-14(22)20-16(18)21-15(13)26-12-5-3-11(17)4-6-12/h3-7,10H,8H2,1-2H3,(H2,18,20,21). The number of rotatable bonds is 6. The third-order valence-corrected chi connectivity index (χ3v) is 4.50. The fraction of sp³-hybridized carbons (Fsp3) is 0.250. The summed E-state index contributed by atoms with van der Waals surface area (Å²) in [5.41, 5.74) is 6.98. The van der Waals surface area contributed by atoms with Crippen molar-refractivity contribution in [2.75, 3.05) is 5.73 Å². The van der Waals surface area contributed by atoms with E-state index < -0.39 is 12.3 Å². The van der Waals surface area contributed by atoms with Gasteiger partial charge in [-0.1, -0.05) is 23.4 Å². The molecule has 1 atom stereocenters. The molecule has 0 radical (unpaired) electrons.